The highest BCUT2D eigenvalue weighted by Gasteiger charge is 2.21. The fourth-order valence-corrected chi connectivity index (χ4v) is 2.50. The van der Waals surface area contributed by atoms with Gasteiger partial charge in [-0.25, -0.2) is 8.78 Å². The first kappa shape index (κ1) is 11.4. The third-order valence-corrected chi connectivity index (χ3v) is 3.40. The molecule has 1 aromatic carbocycles. The smallest absolute Gasteiger partial charge is 0.256 e. The molecule has 5 heteroatoms. The average molecular weight is 243 g/mol. The molecule has 0 aromatic heterocycles. The Morgan fingerprint density at radius 2 is 1.94 bits per heavy atom. The predicted molar refractivity (Wildman–Crippen MR) is 59.6 cm³/mol. The quantitative estimate of drug-likeness (QED) is 0.753. The van der Waals surface area contributed by atoms with Crippen LogP contribution in [0.15, 0.2) is 18.2 Å². The molecule has 1 amide bonds. The van der Waals surface area contributed by atoms with E-state index in [1.807, 2.05) is 0 Å². The Balaban J connectivity index is 2.19. The Morgan fingerprint density at radius 1 is 1.25 bits per heavy atom. The second kappa shape index (κ2) is 4.82. The first-order valence-corrected chi connectivity index (χ1v) is 6.16. The van der Waals surface area contributed by atoms with E-state index in [9.17, 15) is 13.6 Å². The molecular weight excluding hydrogens is 232 g/mol. The van der Waals surface area contributed by atoms with E-state index in [-0.39, 0.29) is 11.5 Å². The zero-order valence-electron chi connectivity index (χ0n) is 8.58. The lowest BCUT2D eigenvalue weighted by atomic mass is 10.2. The highest BCUT2D eigenvalue weighted by molar-refractivity contribution is 7.99. The molecule has 0 aliphatic carbocycles. The highest BCUT2D eigenvalue weighted by Crippen LogP contribution is 2.16. The van der Waals surface area contributed by atoms with Crippen molar-refractivity contribution in [2.24, 2.45) is 0 Å². The van der Waals surface area contributed by atoms with Gasteiger partial charge in [-0.05, 0) is 12.1 Å². The fourth-order valence-electron chi connectivity index (χ4n) is 1.60. The van der Waals surface area contributed by atoms with Gasteiger partial charge in [0.1, 0.15) is 11.6 Å². The summed E-state index contributed by atoms with van der Waals surface area (Å²) in [5, 5.41) is 0. The first-order chi connectivity index (χ1) is 7.68. The molecule has 16 heavy (non-hydrogen) atoms. The number of hydrogen-bond acceptors (Lipinski definition) is 2. The summed E-state index contributed by atoms with van der Waals surface area (Å²) in [7, 11) is 0. The average Bonchev–Trinajstić information content (AvgIpc) is 2.29. The van der Waals surface area contributed by atoms with Gasteiger partial charge < -0.3 is 4.90 Å². The van der Waals surface area contributed by atoms with Crippen LogP contribution in [0.3, 0.4) is 0 Å². The Morgan fingerprint density at radius 3 is 2.56 bits per heavy atom. The monoisotopic (exact) mass is 243 g/mol. The minimum atomic E-state index is -0.789. The molecule has 2 rings (SSSR count). The Labute approximate surface area is 96.6 Å². The Bertz CT molecular complexity index is 405. The molecule has 1 aromatic rings. The van der Waals surface area contributed by atoms with Gasteiger partial charge in [0.2, 0.25) is 0 Å². The normalized spacial score (nSPS) is 16.2. The van der Waals surface area contributed by atoms with Crippen molar-refractivity contribution in [3.63, 3.8) is 0 Å². The molecule has 0 saturated carbocycles. The topological polar surface area (TPSA) is 20.3 Å². The van der Waals surface area contributed by atoms with E-state index < -0.39 is 11.6 Å². The fraction of sp³-hybridized carbons (Fsp3) is 0.364. The number of amides is 1. The van der Waals surface area contributed by atoms with E-state index in [1.54, 1.807) is 16.7 Å². The second-order valence-electron chi connectivity index (χ2n) is 3.53. The van der Waals surface area contributed by atoms with Crippen molar-refractivity contribution in [3.05, 3.63) is 35.4 Å². The predicted octanol–water partition coefficient (Wildman–Crippen LogP) is 2.15. The number of hydrogen-bond donors (Lipinski definition) is 0. The second-order valence-corrected chi connectivity index (χ2v) is 4.75. The van der Waals surface area contributed by atoms with Crippen molar-refractivity contribution in [2.75, 3.05) is 24.6 Å². The summed E-state index contributed by atoms with van der Waals surface area (Å²) in [4.78, 5) is 13.5. The summed E-state index contributed by atoms with van der Waals surface area (Å²) in [6.45, 7) is 1.25. The molecule has 1 fully saturated rings. The van der Waals surface area contributed by atoms with Crippen LogP contribution in [-0.2, 0) is 0 Å². The minimum absolute atomic E-state index is 0.0479. The lowest BCUT2D eigenvalue weighted by molar-refractivity contribution is 0.0767. The van der Waals surface area contributed by atoms with Gasteiger partial charge >= 0.3 is 0 Å². The van der Waals surface area contributed by atoms with E-state index >= 15 is 0 Å². The molecule has 0 radical (unpaired) electrons. The molecule has 2 nitrogen and oxygen atoms in total. The van der Waals surface area contributed by atoms with E-state index in [2.05, 4.69) is 0 Å². The summed E-state index contributed by atoms with van der Waals surface area (Å²) in [5.41, 5.74) is -0.0479. The molecule has 1 aliphatic rings. The molecule has 0 N–H and O–H groups in total. The highest BCUT2D eigenvalue weighted by atomic mass is 32.2. The van der Waals surface area contributed by atoms with Gasteiger partial charge in [0, 0.05) is 30.7 Å². The summed E-state index contributed by atoms with van der Waals surface area (Å²) in [6, 6.07) is 3.05. The van der Waals surface area contributed by atoms with E-state index in [1.165, 1.54) is 6.07 Å². The van der Waals surface area contributed by atoms with E-state index in [0.717, 1.165) is 23.6 Å². The zero-order valence-corrected chi connectivity index (χ0v) is 9.40. The molecule has 0 bridgehead atoms. The number of rotatable bonds is 1. The SMILES string of the molecule is O=C(c1ccc(F)cc1F)N1CCSCC1. The summed E-state index contributed by atoms with van der Waals surface area (Å²) < 4.78 is 26.0. The van der Waals surface area contributed by atoms with Gasteiger partial charge in [0.25, 0.3) is 5.91 Å². The van der Waals surface area contributed by atoms with Crippen LogP contribution < -0.4 is 0 Å². The van der Waals surface area contributed by atoms with Gasteiger partial charge in [0.05, 0.1) is 5.56 Å². The van der Waals surface area contributed by atoms with Crippen LogP contribution in [-0.4, -0.2) is 35.4 Å². The molecule has 1 saturated heterocycles. The van der Waals surface area contributed by atoms with Crippen LogP contribution in [0.1, 0.15) is 10.4 Å². The van der Waals surface area contributed by atoms with Gasteiger partial charge in [-0.1, -0.05) is 0 Å². The van der Waals surface area contributed by atoms with Crippen molar-refractivity contribution < 1.29 is 13.6 Å². The number of carbonyl (C=O) groups excluding carboxylic acids is 1. The molecular formula is C11H11F2NOS. The van der Waals surface area contributed by atoms with Gasteiger partial charge in [-0.3, -0.25) is 4.79 Å². The minimum Gasteiger partial charge on any atom is -0.337 e. The van der Waals surface area contributed by atoms with Crippen molar-refractivity contribution >= 4 is 17.7 Å². The largest absolute Gasteiger partial charge is 0.337 e. The van der Waals surface area contributed by atoms with Crippen LogP contribution in [0.25, 0.3) is 0 Å². The molecule has 0 atom stereocenters. The number of nitrogens with zero attached hydrogens (tertiary/aromatic N) is 1. The van der Waals surface area contributed by atoms with Crippen LogP contribution in [0.2, 0.25) is 0 Å². The summed E-state index contributed by atoms with van der Waals surface area (Å²) >= 11 is 1.77. The number of carbonyl (C=O) groups is 1. The van der Waals surface area contributed by atoms with Gasteiger partial charge in [-0.2, -0.15) is 11.8 Å². The summed E-state index contributed by atoms with van der Waals surface area (Å²) in [5.74, 6) is -0.0624. The summed E-state index contributed by atoms with van der Waals surface area (Å²) in [6.07, 6.45) is 0. The maximum absolute atomic E-state index is 13.4. The standard InChI is InChI=1S/C11H11F2NOS/c12-8-1-2-9(10(13)7-8)11(15)14-3-5-16-6-4-14/h1-2,7H,3-6H2. The van der Waals surface area contributed by atoms with Crippen molar-refractivity contribution in [3.8, 4) is 0 Å². The third kappa shape index (κ3) is 2.35. The van der Waals surface area contributed by atoms with E-state index in [0.29, 0.717) is 13.1 Å². The number of halogens is 2. The van der Waals surface area contributed by atoms with Gasteiger partial charge in [-0.15, -0.1) is 0 Å². The van der Waals surface area contributed by atoms with Crippen molar-refractivity contribution in [2.45, 2.75) is 0 Å². The number of thioether (sulfide) groups is 1. The third-order valence-electron chi connectivity index (χ3n) is 2.46. The lowest BCUT2D eigenvalue weighted by Gasteiger charge is -2.26. The van der Waals surface area contributed by atoms with Crippen LogP contribution in [0.5, 0.6) is 0 Å². The van der Waals surface area contributed by atoms with Crippen molar-refractivity contribution in [1.29, 1.82) is 0 Å². The number of benzene rings is 1. The Hall–Kier alpha value is -1.10. The zero-order chi connectivity index (χ0) is 11.5. The maximum atomic E-state index is 13.4. The lowest BCUT2D eigenvalue weighted by Crippen LogP contribution is -2.38. The molecule has 0 spiro atoms. The molecule has 0 unspecified atom stereocenters. The molecule has 1 aliphatic heterocycles. The molecule has 1 heterocycles. The first-order valence-electron chi connectivity index (χ1n) is 5.00. The molecule has 86 valence electrons. The van der Waals surface area contributed by atoms with Crippen LogP contribution >= 0.6 is 11.8 Å². The van der Waals surface area contributed by atoms with Crippen LogP contribution in [0, 0.1) is 11.6 Å². The van der Waals surface area contributed by atoms with Crippen molar-refractivity contribution in [1.82, 2.24) is 4.90 Å². The van der Waals surface area contributed by atoms with E-state index in [4.69, 9.17) is 0 Å². The van der Waals surface area contributed by atoms with Crippen LogP contribution in [0.4, 0.5) is 8.78 Å². The maximum Gasteiger partial charge on any atom is 0.256 e. The van der Waals surface area contributed by atoms with Gasteiger partial charge in [0.15, 0.2) is 0 Å². The Kier molecular flexibility index (Phi) is 3.43.